The highest BCUT2D eigenvalue weighted by Gasteiger charge is 2.29. The molecule has 2 aromatic carbocycles. The fourth-order valence-electron chi connectivity index (χ4n) is 3.54. The van der Waals surface area contributed by atoms with Crippen LogP contribution in [0.25, 0.3) is 0 Å². The van der Waals surface area contributed by atoms with Gasteiger partial charge in [0.15, 0.2) is 0 Å². The number of nitrogens with one attached hydrogen (secondary N) is 2. The molecule has 0 aliphatic carbocycles. The summed E-state index contributed by atoms with van der Waals surface area (Å²) in [6.07, 6.45) is 1.71. The van der Waals surface area contributed by atoms with E-state index in [9.17, 15) is 14.4 Å². The molecular formula is C22H26N4O3. The van der Waals surface area contributed by atoms with Gasteiger partial charge in [-0.25, -0.2) is 4.79 Å². The molecule has 7 heteroatoms. The first-order chi connectivity index (χ1) is 14.0. The van der Waals surface area contributed by atoms with Crippen molar-refractivity contribution in [2.45, 2.75) is 31.3 Å². The second-order valence-electron chi connectivity index (χ2n) is 7.19. The molecule has 0 radical (unpaired) electrons. The van der Waals surface area contributed by atoms with Crippen LogP contribution in [-0.4, -0.2) is 47.9 Å². The van der Waals surface area contributed by atoms with E-state index in [-0.39, 0.29) is 17.9 Å². The third-order valence-corrected chi connectivity index (χ3v) is 5.08. The van der Waals surface area contributed by atoms with Crippen molar-refractivity contribution in [3.63, 3.8) is 0 Å². The number of nitrogens with two attached hydrogens (primary N) is 1. The summed E-state index contributed by atoms with van der Waals surface area (Å²) in [7, 11) is 0. The van der Waals surface area contributed by atoms with Gasteiger partial charge in [-0.3, -0.25) is 9.59 Å². The van der Waals surface area contributed by atoms with Crippen LogP contribution in [0.4, 0.5) is 4.79 Å². The molecule has 0 spiro atoms. The summed E-state index contributed by atoms with van der Waals surface area (Å²) in [6.45, 7) is 1.04. The molecular weight excluding hydrogens is 368 g/mol. The first-order valence-corrected chi connectivity index (χ1v) is 9.77. The number of amides is 4. The smallest absolute Gasteiger partial charge is 0.312 e. The largest absolute Gasteiger partial charge is 0.352 e. The van der Waals surface area contributed by atoms with E-state index in [1.54, 1.807) is 17.0 Å². The standard InChI is InChI=1S/C22H26N4O3/c23-22(29)25-19(15-16-7-3-1-4-8-16)21(28)26-13-11-18(12-14-26)24-20(27)17-9-5-2-6-10-17/h1-10,18-19H,11-15H2,(H,24,27)(H3,23,25,29). The van der Waals surface area contributed by atoms with Gasteiger partial charge in [-0.15, -0.1) is 0 Å². The molecule has 1 unspecified atom stereocenters. The van der Waals surface area contributed by atoms with Gasteiger partial charge >= 0.3 is 6.03 Å². The van der Waals surface area contributed by atoms with Crippen LogP contribution in [0.15, 0.2) is 60.7 Å². The molecule has 1 aliphatic heterocycles. The van der Waals surface area contributed by atoms with E-state index in [1.165, 1.54) is 0 Å². The van der Waals surface area contributed by atoms with Gasteiger partial charge in [0.25, 0.3) is 5.91 Å². The number of nitrogens with zero attached hydrogens (tertiary/aromatic N) is 1. The first kappa shape index (κ1) is 20.4. The van der Waals surface area contributed by atoms with Gasteiger partial charge in [-0.2, -0.15) is 0 Å². The van der Waals surface area contributed by atoms with Crippen molar-refractivity contribution in [3.05, 3.63) is 71.8 Å². The molecule has 2 aromatic rings. The number of primary amides is 1. The molecule has 1 fully saturated rings. The number of carbonyl (C=O) groups is 3. The third kappa shape index (κ3) is 5.81. The van der Waals surface area contributed by atoms with Crippen LogP contribution in [0.1, 0.15) is 28.8 Å². The van der Waals surface area contributed by atoms with Crippen molar-refractivity contribution in [1.29, 1.82) is 0 Å². The number of likely N-dealkylation sites (tertiary alicyclic amines) is 1. The first-order valence-electron chi connectivity index (χ1n) is 9.77. The second-order valence-corrected chi connectivity index (χ2v) is 7.19. The van der Waals surface area contributed by atoms with Crippen LogP contribution in [0.3, 0.4) is 0 Å². The zero-order chi connectivity index (χ0) is 20.6. The minimum Gasteiger partial charge on any atom is -0.352 e. The van der Waals surface area contributed by atoms with Gasteiger partial charge in [0.1, 0.15) is 6.04 Å². The molecule has 1 atom stereocenters. The lowest BCUT2D eigenvalue weighted by Gasteiger charge is -2.34. The van der Waals surface area contributed by atoms with Gasteiger partial charge in [0.2, 0.25) is 5.91 Å². The lowest BCUT2D eigenvalue weighted by molar-refractivity contribution is -0.134. The highest BCUT2D eigenvalue weighted by molar-refractivity contribution is 5.94. The normalized spacial score (nSPS) is 15.4. The Morgan fingerprint density at radius 2 is 1.55 bits per heavy atom. The molecule has 152 valence electrons. The molecule has 4 N–H and O–H groups in total. The Hall–Kier alpha value is -3.35. The van der Waals surface area contributed by atoms with Crippen molar-refractivity contribution in [2.24, 2.45) is 5.73 Å². The van der Waals surface area contributed by atoms with Gasteiger partial charge in [-0.1, -0.05) is 48.5 Å². The number of benzene rings is 2. The second kappa shape index (κ2) is 9.73. The summed E-state index contributed by atoms with van der Waals surface area (Å²) >= 11 is 0. The fourth-order valence-corrected chi connectivity index (χ4v) is 3.54. The lowest BCUT2D eigenvalue weighted by atomic mass is 10.0. The van der Waals surface area contributed by atoms with Gasteiger partial charge < -0.3 is 21.3 Å². The number of carbonyl (C=O) groups excluding carboxylic acids is 3. The molecule has 1 heterocycles. The maximum Gasteiger partial charge on any atom is 0.312 e. The summed E-state index contributed by atoms with van der Waals surface area (Å²) in [4.78, 5) is 38.4. The predicted octanol–water partition coefficient (Wildman–Crippen LogP) is 1.69. The van der Waals surface area contributed by atoms with Gasteiger partial charge in [-0.05, 0) is 30.5 Å². The van der Waals surface area contributed by atoms with Crippen LogP contribution in [0.2, 0.25) is 0 Å². The van der Waals surface area contributed by atoms with E-state index in [4.69, 9.17) is 5.73 Å². The van der Waals surface area contributed by atoms with E-state index in [1.807, 2.05) is 48.5 Å². The molecule has 1 aliphatic rings. The van der Waals surface area contributed by atoms with Crippen LogP contribution >= 0.6 is 0 Å². The van der Waals surface area contributed by atoms with E-state index in [2.05, 4.69) is 10.6 Å². The van der Waals surface area contributed by atoms with Crippen LogP contribution in [0.5, 0.6) is 0 Å². The fraction of sp³-hybridized carbons (Fsp3) is 0.318. The molecule has 3 rings (SSSR count). The molecule has 0 aromatic heterocycles. The highest BCUT2D eigenvalue weighted by Crippen LogP contribution is 2.14. The number of hydrogen-bond donors (Lipinski definition) is 3. The highest BCUT2D eigenvalue weighted by atomic mass is 16.2. The molecule has 0 saturated carbocycles. The predicted molar refractivity (Wildman–Crippen MR) is 110 cm³/mol. The minimum atomic E-state index is -0.718. The zero-order valence-corrected chi connectivity index (χ0v) is 16.2. The summed E-state index contributed by atoms with van der Waals surface area (Å²) < 4.78 is 0. The van der Waals surface area contributed by atoms with Crippen molar-refractivity contribution in [1.82, 2.24) is 15.5 Å². The Bertz CT molecular complexity index is 834. The summed E-state index contributed by atoms with van der Waals surface area (Å²) in [5, 5.41) is 5.60. The number of piperidine rings is 1. The Labute approximate surface area is 170 Å². The number of hydrogen-bond acceptors (Lipinski definition) is 3. The van der Waals surface area contributed by atoms with Crippen molar-refractivity contribution >= 4 is 17.8 Å². The Kier molecular flexibility index (Phi) is 6.84. The summed E-state index contributed by atoms with van der Waals surface area (Å²) in [5.41, 5.74) is 6.85. The maximum atomic E-state index is 13.0. The SMILES string of the molecule is NC(=O)NC(Cc1ccccc1)C(=O)N1CCC(NC(=O)c2ccccc2)CC1. The average molecular weight is 394 g/mol. The number of urea groups is 1. The molecule has 7 nitrogen and oxygen atoms in total. The summed E-state index contributed by atoms with van der Waals surface area (Å²) in [6, 6.07) is 17.2. The zero-order valence-electron chi connectivity index (χ0n) is 16.2. The third-order valence-electron chi connectivity index (χ3n) is 5.08. The van der Waals surface area contributed by atoms with Crippen molar-refractivity contribution in [2.75, 3.05) is 13.1 Å². The van der Waals surface area contributed by atoms with Crippen LogP contribution < -0.4 is 16.4 Å². The van der Waals surface area contributed by atoms with Crippen LogP contribution in [0, 0.1) is 0 Å². The maximum absolute atomic E-state index is 13.0. The lowest BCUT2D eigenvalue weighted by Crippen LogP contribution is -2.54. The molecule has 0 bridgehead atoms. The molecule has 1 saturated heterocycles. The Morgan fingerprint density at radius 3 is 2.14 bits per heavy atom. The summed E-state index contributed by atoms with van der Waals surface area (Å²) in [5.74, 6) is -0.256. The Morgan fingerprint density at radius 1 is 0.966 bits per heavy atom. The average Bonchev–Trinajstić information content (AvgIpc) is 2.74. The van der Waals surface area contributed by atoms with Crippen molar-refractivity contribution in [3.8, 4) is 0 Å². The number of rotatable bonds is 6. The van der Waals surface area contributed by atoms with E-state index in [0.717, 1.165) is 5.56 Å². The van der Waals surface area contributed by atoms with E-state index in [0.29, 0.717) is 37.9 Å². The van der Waals surface area contributed by atoms with E-state index >= 15 is 0 Å². The molecule has 4 amide bonds. The van der Waals surface area contributed by atoms with Crippen molar-refractivity contribution < 1.29 is 14.4 Å². The van der Waals surface area contributed by atoms with Gasteiger partial charge in [0, 0.05) is 31.1 Å². The van der Waals surface area contributed by atoms with E-state index < -0.39 is 12.1 Å². The van der Waals surface area contributed by atoms with Crippen LogP contribution in [-0.2, 0) is 11.2 Å². The minimum absolute atomic E-state index is 0.0171. The Balaban J connectivity index is 1.55. The van der Waals surface area contributed by atoms with Gasteiger partial charge in [0.05, 0.1) is 0 Å². The molecule has 29 heavy (non-hydrogen) atoms. The topological polar surface area (TPSA) is 105 Å². The monoisotopic (exact) mass is 394 g/mol. The quantitative estimate of drug-likeness (QED) is 0.694.